The second-order valence-corrected chi connectivity index (χ2v) is 6.40. The molecule has 5 nitrogen and oxygen atoms in total. The molecular formula is C20H26N2O3. The number of carbonyl (C=O) groups excluding carboxylic acids is 1. The van der Waals surface area contributed by atoms with Gasteiger partial charge in [-0.15, -0.1) is 0 Å². The van der Waals surface area contributed by atoms with E-state index in [1.54, 1.807) is 0 Å². The first-order valence-electron chi connectivity index (χ1n) is 8.91. The van der Waals surface area contributed by atoms with Gasteiger partial charge in [0.15, 0.2) is 0 Å². The molecule has 1 aromatic heterocycles. The van der Waals surface area contributed by atoms with Crippen molar-refractivity contribution >= 4 is 5.91 Å². The van der Waals surface area contributed by atoms with Crippen LogP contribution in [0.1, 0.15) is 29.5 Å². The molecule has 134 valence electrons. The van der Waals surface area contributed by atoms with Gasteiger partial charge in [0.1, 0.15) is 11.5 Å². The lowest BCUT2D eigenvalue weighted by Gasteiger charge is -2.33. The number of morpholine rings is 1. The number of carbonyl (C=O) groups is 1. The number of aryl methyl sites for hydroxylation is 2. The van der Waals surface area contributed by atoms with Crippen LogP contribution in [0.4, 0.5) is 0 Å². The first-order chi connectivity index (χ1) is 12.2. The summed E-state index contributed by atoms with van der Waals surface area (Å²) in [6.45, 7) is 5.64. The van der Waals surface area contributed by atoms with E-state index in [-0.39, 0.29) is 11.9 Å². The Bertz CT molecular complexity index is 663. The SMILES string of the molecule is Cc1ccc(C(CNC(=O)CCc2ccccc2)N2CCOCC2)o1. The van der Waals surface area contributed by atoms with Crippen LogP contribution in [0, 0.1) is 6.92 Å². The molecule has 1 fully saturated rings. The van der Waals surface area contributed by atoms with Gasteiger partial charge in [-0.25, -0.2) is 0 Å². The number of rotatable bonds is 7. The van der Waals surface area contributed by atoms with Crippen molar-refractivity contribution < 1.29 is 13.9 Å². The molecule has 3 rings (SSSR count). The van der Waals surface area contributed by atoms with Crippen molar-refractivity contribution in [2.45, 2.75) is 25.8 Å². The zero-order valence-corrected chi connectivity index (χ0v) is 14.7. The van der Waals surface area contributed by atoms with Crippen LogP contribution in [0.2, 0.25) is 0 Å². The maximum atomic E-state index is 12.3. The maximum Gasteiger partial charge on any atom is 0.220 e. The van der Waals surface area contributed by atoms with E-state index >= 15 is 0 Å². The summed E-state index contributed by atoms with van der Waals surface area (Å²) in [5.41, 5.74) is 1.18. The third-order valence-corrected chi connectivity index (χ3v) is 4.55. The highest BCUT2D eigenvalue weighted by molar-refractivity contribution is 5.76. The molecule has 1 N–H and O–H groups in total. The summed E-state index contributed by atoms with van der Waals surface area (Å²) >= 11 is 0. The van der Waals surface area contributed by atoms with Crippen LogP contribution in [-0.2, 0) is 16.0 Å². The van der Waals surface area contributed by atoms with E-state index in [4.69, 9.17) is 9.15 Å². The highest BCUT2D eigenvalue weighted by Crippen LogP contribution is 2.23. The molecule has 2 aromatic rings. The van der Waals surface area contributed by atoms with E-state index in [1.165, 1.54) is 5.56 Å². The van der Waals surface area contributed by atoms with Crippen molar-refractivity contribution in [3.8, 4) is 0 Å². The molecule has 25 heavy (non-hydrogen) atoms. The van der Waals surface area contributed by atoms with E-state index in [0.717, 1.165) is 44.2 Å². The molecular weight excluding hydrogens is 316 g/mol. The number of amides is 1. The minimum Gasteiger partial charge on any atom is -0.465 e. The molecule has 1 aliphatic rings. The largest absolute Gasteiger partial charge is 0.465 e. The normalized spacial score (nSPS) is 16.5. The van der Waals surface area contributed by atoms with Gasteiger partial charge < -0.3 is 14.5 Å². The fraction of sp³-hybridized carbons (Fsp3) is 0.450. The van der Waals surface area contributed by atoms with Gasteiger partial charge in [0.05, 0.1) is 19.3 Å². The van der Waals surface area contributed by atoms with E-state index in [1.807, 2.05) is 37.3 Å². The van der Waals surface area contributed by atoms with Crippen LogP contribution in [-0.4, -0.2) is 43.7 Å². The molecule has 2 heterocycles. The van der Waals surface area contributed by atoms with E-state index in [2.05, 4.69) is 22.3 Å². The minimum atomic E-state index is 0.0540. The van der Waals surface area contributed by atoms with Gasteiger partial charge in [-0.05, 0) is 31.0 Å². The zero-order valence-electron chi connectivity index (χ0n) is 14.7. The summed E-state index contributed by atoms with van der Waals surface area (Å²) in [4.78, 5) is 14.6. The van der Waals surface area contributed by atoms with E-state index in [0.29, 0.717) is 13.0 Å². The number of hydrogen-bond donors (Lipinski definition) is 1. The summed E-state index contributed by atoms with van der Waals surface area (Å²) < 4.78 is 11.3. The Labute approximate surface area is 149 Å². The lowest BCUT2D eigenvalue weighted by atomic mass is 10.1. The quantitative estimate of drug-likeness (QED) is 0.841. The maximum absolute atomic E-state index is 12.3. The predicted molar refractivity (Wildman–Crippen MR) is 96.4 cm³/mol. The van der Waals surface area contributed by atoms with Crippen molar-refractivity contribution in [3.05, 3.63) is 59.5 Å². The lowest BCUT2D eigenvalue weighted by molar-refractivity contribution is -0.121. The number of ether oxygens (including phenoxy) is 1. The number of nitrogens with zero attached hydrogens (tertiary/aromatic N) is 1. The third-order valence-electron chi connectivity index (χ3n) is 4.55. The molecule has 1 amide bonds. The van der Waals surface area contributed by atoms with Gasteiger partial charge in [0.2, 0.25) is 5.91 Å². The second-order valence-electron chi connectivity index (χ2n) is 6.40. The van der Waals surface area contributed by atoms with Crippen LogP contribution < -0.4 is 5.32 Å². The predicted octanol–water partition coefficient (Wildman–Crippen LogP) is 2.71. The van der Waals surface area contributed by atoms with Crippen LogP contribution in [0.25, 0.3) is 0 Å². The monoisotopic (exact) mass is 342 g/mol. The van der Waals surface area contributed by atoms with Crippen LogP contribution >= 0.6 is 0 Å². The van der Waals surface area contributed by atoms with Gasteiger partial charge in [-0.2, -0.15) is 0 Å². The standard InChI is InChI=1S/C20H26N2O3/c1-16-7-9-19(25-16)18(22-11-13-24-14-12-22)15-21-20(23)10-8-17-5-3-2-4-6-17/h2-7,9,18H,8,10-15H2,1H3,(H,21,23). The Morgan fingerprint density at radius 1 is 1.16 bits per heavy atom. The highest BCUT2D eigenvalue weighted by atomic mass is 16.5. The Kier molecular flexibility index (Phi) is 6.25. The molecule has 1 saturated heterocycles. The average molecular weight is 342 g/mol. The molecule has 1 aromatic carbocycles. The molecule has 0 spiro atoms. The molecule has 1 atom stereocenters. The molecule has 0 aliphatic carbocycles. The van der Waals surface area contributed by atoms with Crippen LogP contribution in [0.3, 0.4) is 0 Å². The van der Waals surface area contributed by atoms with Gasteiger partial charge in [-0.1, -0.05) is 30.3 Å². The topological polar surface area (TPSA) is 54.7 Å². The molecule has 0 bridgehead atoms. The summed E-state index contributed by atoms with van der Waals surface area (Å²) in [5.74, 6) is 1.87. The van der Waals surface area contributed by atoms with Crippen LogP contribution in [0.15, 0.2) is 46.9 Å². The zero-order chi connectivity index (χ0) is 17.5. The molecule has 1 unspecified atom stereocenters. The minimum absolute atomic E-state index is 0.0540. The first kappa shape index (κ1) is 17.7. The van der Waals surface area contributed by atoms with Crippen molar-refractivity contribution in [2.75, 3.05) is 32.8 Å². The smallest absolute Gasteiger partial charge is 0.220 e. The summed E-state index contributed by atoms with van der Waals surface area (Å²) in [5, 5.41) is 3.08. The molecule has 0 saturated carbocycles. The van der Waals surface area contributed by atoms with Crippen molar-refractivity contribution in [2.24, 2.45) is 0 Å². The molecule has 5 heteroatoms. The van der Waals surface area contributed by atoms with Crippen molar-refractivity contribution in [3.63, 3.8) is 0 Å². The summed E-state index contributed by atoms with van der Waals surface area (Å²) in [6, 6.07) is 14.1. The van der Waals surface area contributed by atoms with Gasteiger partial charge >= 0.3 is 0 Å². The van der Waals surface area contributed by atoms with Crippen molar-refractivity contribution in [1.29, 1.82) is 0 Å². The number of nitrogens with one attached hydrogen (secondary N) is 1. The van der Waals surface area contributed by atoms with Gasteiger partial charge in [0.25, 0.3) is 0 Å². The number of furan rings is 1. The Balaban J connectivity index is 1.55. The summed E-state index contributed by atoms with van der Waals surface area (Å²) in [6.07, 6.45) is 1.26. The lowest BCUT2D eigenvalue weighted by Crippen LogP contribution is -2.43. The van der Waals surface area contributed by atoms with Gasteiger partial charge in [0, 0.05) is 26.1 Å². The molecule has 1 aliphatic heterocycles. The van der Waals surface area contributed by atoms with Crippen molar-refractivity contribution in [1.82, 2.24) is 10.2 Å². The fourth-order valence-corrected chi connectivity index (χ4v) is 3.13. The van der Waals surface area contributed by atoms with Crippen LogP contribution in [0.5, 0.6) is 0 Å². The van der Waals surface area contributed by atoms with E-state index in [9.17, 15) is 4.79 Å². The van der Waals surface area contributed by atoms with E-state index < -0.39 is 0 Å². The third kappa shape index (κ3) is 5.18. The number of benzene rings is 1. The Hall–Kier alpha value is -2.11. The van der Waals surface area contributed by atoms with Gasteiger partial charge in [-0.3, -0.25) is 9.69 Å². The molecule has 0 radical (unpaired) electrons. The summed E-state index contributed by atoms with van der Waals surface area (Å²) in [7, 11) is 0. The Morgan fingerprint density at radius 2 is 1.92 bits per heavy atom. The first-order valence-corrected chi connectivity index (χ1v) is 8.91. The average Bonchev–Trinajstić information content (AvgIpc) is 3.08. The Morgan fingerprint density at radius 3 is 2.60 bits per heavy atom. The highest BCUT2D eigenvalue weighted by Gasteiger charge is 2.25. The fourth-order valence-electron chi connectivity index (χ4n) is 3.13. The number of hydrogen-bond acceptors (Lipinski definition) is 4. The second kappa shape index (κ2) is 8.83.